The SMILES string of the molecule is O=C(O)CCC(=O)N1N=C(c2c(-c3ccc(C(F)(F)F)cc3)c3ccccc3[nH]c2=O)CC1c1ccc(Cl)cc1. The summed E-state index contributed by atoms with van der Waals surface area (Å²) in [5.41, 5.74) is 0.892. The Hall–Kier alpha value is -4.44. The standard InChI is InChI=1S/C29H21ClF3N3O4/c30-19-11-7-16(8-12-19)23-15-22(35-36(23)24(37)13-14-25(38)39)27-26(17-5-9-18(10-6-17)29(31,32)33)20-3-1-2-4-21(20)34-28(27)40/h1-12,23H,13-15H2,(H,34,40)(H,38,39). The number of aromatic nitrogens is 1. The monoisotopic (exact) mass is 567 g/mol. The number of carbonyl (C=O) groups excluding carboxylic acids is 1. The second kappa shape index (κ2) is 10.6. The van der Waals surface area contributed by atoms with Gasteiger partial charge in [-0.2, -0.15) is 18.3 Å². The first-order chi connectivity index (χ1) is 19.0. The minimum Gasteiger partial charge on any atom is -0.481 e. The van der Waals surface area contributed by atoms with Gasteiger partial charge in [-0.05, 0) is 41.5 Å². The molecule has 0 bridgehead atoms. The molecule has 3 aromatic carbocycles. The molecule has 11 heteroatoms. The number of rotatable bonds is 6. The summed E-state index contributed by atoms with van der Waals surface area (Å²) in [5.74, 6) is -1.69. The number of carboxylic acids is 1. The molecule has 2 N–H and O–H groups in total. The topological polar surface area (TPSA) is 103 Å². The Kier molecular flexibility index (Phi) is 7.20. The van der Waals surface area contributed by atoms with Gasteiger partial charge in [0.15, 0.2) is 0 Å². The Labute approximate surface area is 230 Å². The molecule has 1 aromatic heterocycles. The van der Waals surface area contributed by atoms with Crippen LogP contribution in [0, 0.1) is 0 Å². The lowest BCUT2D eigenvalue weighted by Crippen LogP contribution is -2.27. The molecule has 7 nitrogen and oxygen atoms in total. The van der Waals surface area contributed by atoms with Crippen LogP contribution in [0.3, 0.4) is 0 Å². The number of carboxylic acid groups (broad SMARTS) is 1. The van der Waals surface area contributed by atoms with Gasteiger partial charge in [-0.3, -0.25) is 14.4 Å². The van der Waals surface area contributed by atoms with Crippen molar-refractivity contribution < 1.29 is 27.9 Å². The highest BCUT2D eigenvalue weighted by molar-refractivity contribution is 6.30. The molecular weight excluding hydrogens is 547 g/mol. The number of aliphatic carboxylic acids is 1. The smallest absolute Gasteiger partial charge is 0.416 e. The minimum atomic E-state index is -4.53. The van der Waals surface area contributed by atoms with Crippen LogP contribution in [-0.4, -0.2) is 32.7 Å². The van der Waals surface area contributed by atoms with E-state index in [-0.39, 0.29) is 24.1 Å². The maximum atomic E-state index is 13.5. The first-order valence-electron chi connectivity index (χ1n) is 12.2. The van der Waals surface area contributed by atoms with E-state index in [4.69, 9.17) is 16.7 Å². The van der Waals surface area contributed by atoms with E-state index in [0.717, 1.165) is 12.1 Å². The molecule has 0 radical (unpaired) electrons. The van der Waals surface area contributed by atoms with E-state index >= 15 is 0 Å². The number of alkyl halides is 3. The number of nitrogens with zero attached hydrogens (tertiary/aromatic N) is 2. The molecule has 204 valence electrons. The van der Waals surface area contributed by atoms with Crippen LogP contribution in [0.1, 0.15) is 42.0 Å². The van der Waals surface area contributed by atoms with Gasteiger partial charge in [0.25, 0.3) is 5.56 Å². The van der Waals surface area contributed by atoms with Crippen LogP contribution in [0.4, 0.5) is 13.2 Å². The van der Waals surface area contributed by atoms with Crippen molar-refractivity contribution in [2.45, 2.75) is 31.5 Å². The number of amides is 1. The lowest BCUT2D eigenvalue weighted by atomic mass is 9.90. The number of hydrazone groups is 1. The maximum Gasteiger partial charge on any atom is 0.416 e. The number of hydrogen-bond acceptors (Lipinski definition) is 4. The van der Waals surface area contributed by atoms with Crippen molar-refractivity contribution in [2.24, 2.45) is 5.10 Å². The number of nitrogens with one attached hydrogen (secondary N) is 1. The maximum absolute atomic E-state index is 13.5. The number of H-pyrrole nitrogens is 1. The third-order valence-corrected chi connectivity index (χ3v) is 6.94. The van der Waals surface area contributed by atoms with Crippen LogP contribution in [0.5, 0.6) is 0 Å². The predicted octanol–water partition coefficient (Wildman–Crippen LogP) is 6.41. The third-order valence-electron chi connectivity index (χ3n) is 6.68. The van der Waals surface area contributed by atoms with E-state index in [1.165, 1.54) is 17.1 Å². The quantitative estimate of drug-likeness (QED) is 0.281. The van der Waals surface area contributed by atoms with Gasteiger partial charge in [-0.15, -0.1) is 0 Å². The van der Waals surface area contributed by atoms with Crippen molar-refractivity contribution in [3.05, 3.63) is 105 Å². The zero-order chi connectivity index (χ0) is 28.6. The van der Waals surface area contributed by atoms with Gasteiger partial charge in [-0.1, -0.05) is 54.1 Å². The largest absolute Gasteiger partial charge is 0.481 e. The van der Waals surface area contributed by atoms with E-state index in [1.54, 1.807) is 48.5 Å². The Bertz CT molecular complexity index is 1700. The summed E-state index contributed by atoms with van der Waals surface area (Å²) in [7, 11) is 0. The van der Waals surface area contributed by atoms with Gasteiger partial charge in [0.1, 0.15) is 0 Å². The Morgan fingerprint density at radius 2 is 1.65 bits per heavy atom. The third kappa shape index (κ3) is 5.35. The van der Waals surface area contributed by atoms with E-state index in [9.17, 15) is 27.6 Å². The predicted molar refractivity (Wildman–Crippen MR) is 144 cm³/mol. The highest BCUT2D eigenvalue weighted by Crippen LogP contribution is 2.38. The molecule has 40 heavy (non-hydrogen) atoms. The second-order valence-electron chi connectivity index (χ2n) is 9.28. The van der Waals surface area contributed by atoms with Crippen molar-refractivity contribution in [1.82, 2.24) is 9.99 Å². The minimum absolute atomic E-state index is 0.107. The van der Waals surface area contributed by atoms with Crippen molar-refractivity contribution in [2.75, 3.05) is 0 Å². The summed E-state index contributed by atoms with van der Waals surface area (Å²) >= 11 is 6.04. The number of benzene rings is 3. The lowest BCUT2D eigenvalue weighted by molar-refractivity contribution is -0.141. The fourth-order valence-electron chi connectivity index (χ4n) is 4.81. The van der Waals surface area contributed by atoms with Crippen LogP contribution < -0.4 is 5.56 Å². The molecule has 0 fully saturated rings. The first kappa shape index (κ1) is 27.1. The molecule has 1 atom stereocenters. The number of pyridine rings is 1. The molecule has 1 amide bonds. The number of halogens is 4. The zero-order valence-corrected chi connectivity index (χ0v) is 21.5. The summed E-state index contributed by atoms with van der Waals surface area (Å²) in [4.78, 5) is 40.5. The van der Waals surface area contributed by atoms with E-state index in [2.05, 4.69) is 10.1 Å². The Balaban J connectivity index is 1.68. The normalized spacial score (nSPS) is 15.3. The fourth-order valence-corrected chi connectivity index (χ4v) is 4.93. The van der Waals surface area contributed by atoms with Gasteiger partial charge in [0.2, 0.25) is 5.91 Å². The molecular formula is C29H21ClF3N3O4. The highest BCUT2D eigenvalue weighted by Gasteiger charge is 2.36. The van der Waals surface area contributed by atoms with E-state index in [1.807, 2.05) is 0 Å². The van der Waals surface area contributed by atoms with Gasteiger partial charge in [0.05, 0.1) is 29.3 Å². The molecule has 0 saturated heterocycles. The van der Waals surface area contributed by atoms with Crippen LogP contribution in [-0.2, 0) is 15.8 Å². The van der Waals surface area contributed by atoms with Crippen molar-refractivity contribution in [3.8, 4) is 11.1 Å². The van der Waals surface area contributed by atoms with Crippen LogP contribution in [0.2, 0.25) is 5.02 Å². The number of hydrogen-bond donors (Lipinski definition) is 2. The van der Waals surface area contributed by atoms with Crippen molar-refractivity contribution in [1.29, 1.82) is 0 Å². The van der Waals surface area contributed by atoms with Gasteiger partial charge >= 0.3 is 12.1 Å². The number of aromatic amines is 1. The van der Waals surface area contributed by atoms with Crippen molar-refractivity contribution in [3.63, 3.8) is 0 Å². The molecule has 0 saturated carbocycles. The van der Waals surface area contributed by atoms with Crippen LogP contribution >= 0.6 is 11.6 Å². The molecule has 1 unspecified atom stereocenters. The van der Waals surface area contributed by atoms with Crippen LogP contribution in [0.15, 0.2) is 82.7 Å². The van der Waals surface area contributed by atoms with Gasteiger partial charge in [0, 0.05) is 34.3 Å². The highest BCUT2D eigenvalue weighted by atomic mass is 35.5. The summed E-state index contributed by atoms with van der Waals surface area (Å²) < 4.78 is 39.8. The molecule has 1 aliphatic rings. The summed E-state index contributed by atoms with van der Waals surface area (Å²) in [6.07, 6.45) is -5.14. The van der Waals surface area contributed by atoms with Gasteiger partial charge in [-0.25, -0.2) is 5.01 Å². The first-order valence-corrected chi connectivity index (χ1v) is 12.6. The Morgan fingerprint density at radius 3 is 2.30 bits per heavy atom. The fraction of sp³-hybridized carbons (Fsp3) is 0.172. The molecule has 0 spiro atoms. The van der Waals surface area contributed by atoms with E-state index in [0.29, 0.717) is 32.6 Å². The second-order valence-corrected chi connectivity index (χ2v) is 9.71. The molecule has 0 aliphatic carbocycles. The molecule has 4 aromatic rings. The molecule has 5 rings (SSSR count). The number of para-hydroxylation sites is 1. The summed E-state index contributed by atoms with van der Waals surface area (Å²) in [6.45, 7) is 0. The Morgan fingerprint density at radius 1 is 0.975 bits per heavy atom. The average molecular weight is 568 g/mol. The number of carbonyl (C=O) groups is 2. The summed E-state index contributed by atoms with van der Waals surface area (Å²) in [5, 5.41) is 15.8. The van der Waals surface area contributed by atoms with Gasteiger partial charge < -0.3 is 10.1 Å². The zero-order valence-electron chi connectivity index (χ0n) is 20.7. The molecule has 2 heterocycles. The molecule has 1 aliphatic heterocycles. The lowest BCUT2D eigenvalue weighted by Gasteiger charge is -2.22. The van der Waals surface area contributed by atoms with E-state index < -0.39 is 41.6 Å². The van der Waals surface area contributed by atoms with Crippen LogP contribution in [0.25, 0.3) is 22.0 Å². The summed E-state index contributed by atoms with van der Waals surface area (Å²) in [6, 6.07) is 17.4. The average Bonchev–Trinajstić information content (AvgIpc) is 3.36. The van der Waals surface area contributed by atoms with Crippen molar-refractivity contribution >= 4 is 40.1 Å². The number of fused-ring (bicyclic) bond motifs is 1.